The Labute approximate surface area is 206 Å². The summed E-state index contributed by atoms with van der Waals surface area (Å²) in [6.45, 7) is 4.26. The fourth-order valence-corrected chi connectivity index (χ4v) is 5.06. The maximum absolute atomic E-state index is 13.5. The van der Waals surface area contributed by atoms with Gasteiger partial charge in [0, 0.05) is 48.6 Å². The Kier molecular flexibility index (Phi) is 5.72. The van der Waals surface area contributed by atoms with Gasteiger partial charge in [0.2, 0.25) is 0 Å². The molecule has 1 atom stereocenters. The molecule has 3 aromatic rings. The van der Waals surface area contributed by atoms with Gasteiger partial charge >= 0.3 is 0 Å². The lowest BCUT2D eigenvalue weighted by molar-refractivity contribution is -0.118. The van der Waals surface area contributed by atoms with E-state index in [0.717, 1.165) is 40.3 Å². The molecule has 1 unspecified atom stereocenters. The van der Waals surface area contributed by atoms with Crippen LogP contribution in [0.15, 0.2) is 84.1 Å². The minimum atomic E-state index is -0.269. The van der Waals surface area contributed by atoms with Crippen LogP contribution in [-0.4, -0.2) is 25.7 Å². The normalized spacial score (nSPS) is 18.5. The number of rotatable bonds is 4. The van der Waals surface area contributed by atoms with Crippen molar-refractivity contribution in [3.8, 4) is 0 Å². The van der Waals surface area contributed by atoms with Crippen LogP contribution in [0.4, 0.5) is 17.1 Å². The number of nitrogens with zero attached hydrogens (tertiary/aromatic N) is 1. The number of carbonyl (C=O) groups is 2. The molecule has 35 heavy (non-hydrogen) atoms. The number of nitrogens with one attached hydrogen (secondary N) is 2. The molecule has 0 fully saturated rings. The molecule has 0 bridgehead atoms. The number of fused-ring (bicyclic) bond motifs is 1. The number of carbonyl (C=O) groups excluding carboxylic acids is 2. The maximum Gasteiger partial charge on any atom is 0.193 e. The summed E-state index contributed by atoms with van der Waals surface area (Å²) < 4.78 is 0. The predicted molar refractivity (Wildman–Crippen MR) is 142 cm³/mol. The highest BCUT2D eigenvalue weighted by Crippen LogP contribution is 2.45. The summed E-state index contributed by atoms with van der Waals surface area (Å²) >= 11 is 0. The van der Waals surface area contributed by atoms with Crippen molar-refractivity contribution in [3.05, 3.63) is 101 Å². The first-order valence-electron chi connectivity index (χ1n) is 12.0. The lowest BCUT2D eigenvalue weighted by Crippen LogP contribution is -2.31. The molecule has 5 rings (SSSR count). The Hall–Kier alpha value is -3.86. The van der Waals surface area contributed by atoms with E-state index in [2.05, 4.69) is 53.6 Å². The van der Waals surface area contributed by atoms with E-state index in [1.165, 1.54) is 0 Å². The molecule has 2 aliphatic rings. The number of hydrogen-bond acceptors (Lipinski definition) is 5. The quantitative estimate of drug-likeness (QED) is 0.449. The van der Waals surface area contributed by atoms with Gasteiger partial charge in [0.1, 0.15) is 0 Å². The van der Waals surface area contributed by atoms with Crippen molar-refractivity contribution in [1.29, 1.82) is 0 Å². The van der Waals surface area contributed by atoms with E-state index in [1.54, 1.807) is 0 Å². The average Bonchev–Trinajstić information content (AvgIpc) is 2.99. The summed E-state index contributed by atoms with van der Waals surface area (Å²) in [4.78, 5) is 28.6. The minimum absolute atomic E-state index is 0.0236. The van der Waals surface area contributed by atoms with Crippen molar-refractivity contribution in [2.24, 2.45) is 5.41 Å². The van der Waals surface area contributed by atoms with Gasteiger partial charge in [-0.2, -0.15) is 0 Å². The van der Waals surface area contributed by atoms with Crippen molar-refractivity contribution < 1.29 is 9.59 Å². The number of benzene rings is 3. The molecule has 0 aromatic heterocycles. The van der Waals surface area contributed by atoms with Crippen LogP contribution in [0, 0.1) is 5.41 Å². The summed E-state index contributed by atoms with van der Waals surface area (Å²) in [6.07, 6.45) is 1.27. The van der Waals surface area contributed by atoms with Crippen molar-refractivity contribution in [1.82, 2.24) is 0 Å². The highest BCUT2D eigenvalue weighted by Gasteiger charge is 2.38. The summed E-state index contributed by atoms with van der Waals surface area (Å²) in [5, 5.41) is 7.18. The van der Waals surface area contributed by atoms with Crippen molar-refractivity contribution in [2.75, 3.05) is 29.6 Å². The Bertz CT molecular complexity index is 1320. The van der Waals surface area contributed by atoms with E-state index in [1.807, 2.05) is 62.6 Å². The number of hydrogen-bond donors (Lipinski definition) is 2. The smallest absolute Gasteiger partial charge is 0.193 e. The third kappa shape index (κ3) is 4.46. The van der Waals surface area contributed by atoms with Crippen LogP contribution in [0.5, 0.6) is 0 Å². The molecule has 0 saturated carbocycles. The van der Waals surface area contributed by atoms with E-state index in [0.29, 0.717) is 17.5 Å². The standard InChI is InChI=1S/C30H31N3O2/c1-30(2)17-25-27(26(34)18-30)28(19-10-13-22(14-11-19)33(3)4)32-23-15-12-21(16-24(23)31-25)29(35)20-8-6-5-7-9-20/h5-16,28,31-32H,17-18H2,1-4H3. The van der Waals surface area contributed by atoms with Crippen molar-refractivity contribution >= 4 is 28.6 Å². The molecule has 0 spiro atoms. The highest BCUT2D eigenvalue weighted by molar-refractivity contribution is 6.10. The second kappa shape index (κ2) is 8.73. The van der Waals surface area contributed by atoms with Crippen LogP contribution in [0.2, 0.25) is 0 Å². The molecular weight excluding hydrogens is 434 g/mol. The van der Waals surface area contributed by atoms with Gasteiger partial charge in [0.25, 0.3) is 0 Å². The second-order valence-electron chi connectivity index (χ2n) is 10.5. The van der Waals surface area contributed by atoms with Gasteiger partial charge in [-0.15, -0.1) is 0 Å². The predicted octanol–water partition coefficient (Wildman–Crippen LogP) is 6.21. The van der Waals surface area contributed by atoms with Gasteiger partial charge < -0.3 is 15.5 Å². The SMILES string of the molecule is CN(C)c1ccc(C2Nc3ccc(C(=O)c4ccccc4)cc3NC3=C2C(=O)CC(C)(C)C3)cc1. The highest BCUT2D eigenvalue weighted by atomic mass is 16.1. The van der Waals surface area contributed by atoms with Gasteiger partial charge in [-0.25, -0.2) is 0 Å². The van der Waals surface area contributed by atoms with Gasteiger partial charge in [-0.1, -0.05) is 56.3 Å². The fourth-order valence-electron chi connectivity index (χ4n) is 5.06. The second-order valence-corrected chi connectivity index (χ2v) is 10.5. The molecule has 1 aliphatic heterocycles. The van der Waals surface area contributed by atoms with E-state index in [9.17, 15) is 9.59 Å². The number of allylic oxidation sites excluding steroid dienone is 1. The van der Waals surface area contributed by atoms with Gasteiger partial charge in [0.05, 0.1) is 17.4 Å². The number of anilines is 3. The molecule has 3 aromatic carbocycles. The van der Waals surface area contributed by atoms with Gasteiger partial charge in [-0.05, 0) is 47.7 Å². The molecule has 1 heterocycles. The van der Waals surface area contributed by atoms with Crippen LogP contribution >= 0.6 is 0 Å². The zero-order chi connectivity index (χ0) is 24.7. The summed E-state index contributed by atoms with van der Waals surface area (Å²) in [5.74, 6) is 0.135. The molecule has 5 heteroatoms. The third-order valence-corrected chi connectivity index (χ3v) is 6.85. The Morgan fingerprint density at radius 3 is 2.29 bits per heavy atom. The molecule has 5 nitrogen and oxygen atoms in total. The number of ketones is 2. The first-order valence-corrected chi connectivity index (χ1v) is 12.0. The molecular formula is C30H31N3O2. The van der Waals surface area contributed by atoms with Gasteiger partial charge in [0.15, 0.2) is 11.6 Å². The Balaban J connectivity index is 1.59. The zero-order valence-corrected chi connectivity index (χ0v) is 20.7. The van der Waals surface area contributed by atoms with Crippen LogP contribution in [0.3, 0.4) is 0 Å². The first kappa shape index (κ1) is 22.9. The van der Waals surface area contributed by atoms with Gasteiger partial charge in [-0.3, -0.25) is 9.59 Å². The van der Waals surface area contributed by atoms with Crippen LogP contribution in [0.25, 0.3) is 0 Å². The first-order chi connectivity index (χ1) is 16.7. The Morgan fingerprint density at radius 2 is 1.60 bits per heavy atom. The van der Waals surface area contributed by atoms with Crippen molar-refractivity contribution in [3.63, 3.8) is 0 Å². The third-order valence-electron chi connectivity index (χ3n) is 6.85. The van der Waals surface area contributed by atoms with Crippen LogP contribution in [0.1, 0.15) is 54.2 Å². The lowest BCUT2D eigenvalue weighted by atomic mass is 9.73. The van der Waals surface area contributed by atoms with E-state index >= 15 is 0 Å². The average molecular weight is 466 g/mol. The zero-order valence-electron chi connectivity index (χ0n) is 20.7. The number of Topliss-reactive ketones (excluding diaryl/α,β-unsaturated/α-hetero) is 1. The van der Waals surface area contributed by atoms with E-state index < -0.39 is 0 Å². The minimum Gasteiger partial charge on any atom is -0.378 e. The molecule has 178 valence electrons. The summed E-state index contributed by atoms with van der Waals surface area (Å²) in [7, 11) is 4.03. The lowest BCUT2D eigenvalue weighted by Gasteiger charge is -2.34. The molecule has 2 N–H and O–H groups in total. The topological polar surface area (TPSA) is 61.4 Å². The summed E-state index contributed by atoms with van der Waals surface area (Å²) in [5.41, 5.74) is 6.68. The molecule has 0 saturated heterocycles. The van der Waals surface area contributed by atoms with E-state index in [-0.39, 0.29) is 23.0 Å². The summed E-state index contributed by atoms with van der Waals surface area (Å²) in [6, 6.07) is 23.0. The Morgan fingerprint density at radius 1 is 0.886 bits per heavy atom. The fraction of sp³-hybridized carbons (Fsp3) is 0.267. The maximum atomic E-state index is 13.5. The van der Waals surface area contributed by atoms with Crippen LogP contribution < -0.4 is 15.5 Å². The molecule has 0 radical (unpaired) electrons. The molecule has 0 amide bonds. The van der Waals surface area contributed by atoms with E-state index in [4.69, 9.17) is 0 Å². The molecule has 1 aliphatic carbocycles. The van der Waals surface area contributed by atoms with Crippen LogP contribution in [-0.2, 0) is 4.79 Å². The monoisotopic (exact) mass is 465 g/mol. The van der Waals surface area contributed by atoms with Crippen molar-refractivity contribution in [2.45, 2.75) is 32.7 Å². The largest absolute Gasteiger partial charge is 0.378 e.